The molecule has 0 aliphatic carbocycles. The maximum atomic E-state index is 12.7. The maximum Gasteiger partial charge on any atom is 0.321 e. The highest BCUT2D eigenvalue weighted by Crippen LogP contribution is 2.23. The summed E-state index contributed by atoms with van der Waals surface area (Å²) in [5.74, 6) is 0.0644. The summed E-state index contributed by atoms with van der Waals surface area (Å²) in [5, 5.41) is 2.97. The molecule has 5 nitrogen and oxygen atoms in total. The Morgan fingerprint density at radius 1 is 1.00 bits per heavy atom. The van der Waals surface area contributed by atoms with Gasteiger partial charge in [-0.15, -0.1) is 0 Å². The number of amides is 3. The van der Waals surface area contributed by atoms with Crippen LogP contribution >= 0.6 is 0 Å². The molecule has 5 heteroatoms. The van der Waals surface area contributed by atoms with Crippen molar-refractivity contribution in [2.24, 2.45) is 5.92 Å². The van der Waals surface area contributed by atoms with Crippen molar-refractivity contribution in [3.05, 3.63) is 54.6 Å². The first kappa shape index (κ1) is 19.9. The standard InChI is InChI=1S/C23H29N3O2/c1-3-25(4-2)22(27)20-11-8-16-26(17-20)23(28)24-21-14-12-19(13-15-21)18-9-6-5-7-10-18/h5-7,9-10,12-15,20H,3-4,8,11,16-17H2,1-2H3,(H,24,28). The molecule has 1 atom stereocenters. The molecule has 1 N–H and O–H groups in total. The number of anilines is 1. The molecule has 1 aliphatic rings. The van der Waals surface area contributed by atoms with Crippen LogP contribution in [0.4, 0.5) is 10.5 Å². The third kappa shape index (κ3) is 4.71. The Kier molecular flexibility index (Phi) is 6.69. The van der Waals surface area contributed by atoms with Gasteiger partial charge in [-0.1, -0.05) is 42.5 Å². The minimum atomic E-state index is -0.135. The zero-order valence-corrected chi connectivity index (χ0v) is 16.7. The van der Waals surface area contributed by atoms with Gasteiger partial charge in [-0.25, -0.2) is 4.79 Å². The van der Waals surface area contributed by atoms with Gasteiger partial charge in [0.15, 0.2) is 0 Å². The second-order valence-electron chi connectivity index (χ2n) is 7.17. The summed E-state index contributed by atoms with van der Waals surface area (Å²) < 4.78 is 0. The van der Waals surface area contributed by atoms with Crippen molar-refractivity contribution in [1.29, 1.82) is 0 Å². The molecule has 3 amide bonds. The van der Waals surface area contributed by atoms with E-state index in [-0.39, 0.29) is 17.9 Å². The molecule has 2 aromatic carbocycles. The SMILES string of the molecule is CCN(CC)C(=O)C1CCCN(C(=O)Nc2ccc(-c3ccccc3)cc2)C1. The number of carbonyl (C=O) groups is 2. The molecule has 1 aliphatic heterocycles. The molecule has 1 unspecified atom stereocenters. The molecule has 28 heavy (non-hydrogen) atoms. The van der Waals surface area contributed by atoms with Crippen LogP contribution in [-0.4, -0.2) is 47.9 Å². The Balaban J connectivity index is 1.60. The lowest BCUT2D eigenvalue weighted by Gasteiger charge is -2.34. The molecule has 0 aromatic heterocycles. The van der Waals surface area contributed by atoms with E-state index < -0.39 is 0 Å². The van der Waals surface area contributed by atoms with Crippen LogP contribution in [0.3, 0.4) is 0 Å². The minimum absolute atomic E-state index is 0.0974. The fraction of sp³-hybridized carbons (Fsp3) is 0.391. The maximum absolute atomic E-state index is 12.7. The van der Waals surface area contributed by atoms with Crippen LogP contribution in [0.15, 0.2) is 54.6 Å². The van der Waals surface area contributed by atoms with E-state index in [0.29, 0.717) is 26.2 Å². The quantitative estimate of drug-likeness (QED) is 0.833. The van der Waals surface area contributed by atoms with Crippen LogP contribution in [0.2, 0.25) is 0 Å². The van der Waals surface area contributed by atoms with Gasteiger partial charge in [0.2, 0.25) is 5.91 Å². The summed E-state index contributed by atoms with van der Waals surface area (Å²) in [7, 11) is 0. The van der Waals surface area contributed by atoms with Crippen molar-refractivity contribution in [2.45, 2.75) is 26.7 Å². The Morgan fingerprint density at radius 3 is 2.29 bits per heavy atom. The van der Waals surface area contributed by atoms with E-state index in [9.17, 15) is 9.59 Å². The zero-order chi connectivity index (χ0) is 19.9. The highest BCUT2D eigenvalue weighted by molar-refractivity contribution is 5.90. The van der Waals surface area contributed by atoms with E-state index in [1.807, 2.05) is 61.2 Å². The number of nitrogens with zero attached hydrogens (tertiary/aromatic N) is 2. The minimum Gasteiger partial charge on any atom is -0.343 e. The van der Waals surface area contributed by atoms with Crippen LogP contribution in [0.1, 0.15) is 26.7 Å². The van der Waals surface area contributed by atoms with Crippen molar-refractivity contribution in [1.82, 2.24) is 9.80 Å². The van der Waals surface area contributed by atoms with Crippen LogP contribution in [0, 0.1) is 5.92 Å². The highest BCUT2D eigenvalue weighted by atomic mass is 16.2. The first-order chi connectivity index (χ1) is 13.6. The molecule has 0 spiro atoms. The van der Waals surface area contributed by atoms with E-state index >= 15 is 0 Å². The van der Waals surface area contributed by atoms with Gasteiger partial charge >= 0.3 is 6.03 Å². The molecular weight excluding hydrogens is 350 g/mol. The molecule has 0 radical (unpaired) electrons. The fourth-order valence-corrected chi connectivity index (χ4v) is 3.74. The average Bonchev–Trinajstić information content (AvgIpc) is 2.75. The summed E-state index contributed by atoms with van der Waals surface area (Å²) in [6, 6.07) is 17.9. The fourth-order valence-electron chi connectivity index (χ4n) is 3.74. The molecule has 0 bridgehead atoms. The summed E-state index contributed by atoms with van der Waals surface area (Å²) in [6.07, 6.45) is 1.71. The number of nitrogens with one attached hydrogen (secondary N) is 1. The Hall–Kier alpha value is -2.82. The number of likely N-dealkylation sites (tertiary alicyclic amines) is 1. The summed E-state index contributed by atoms with van der Waals surface area (Å²) in [4.78, 5) is 28.9. The lowest BCUT2D eigenvalue weighted by Crippen LogP contribution is -2.47. The van der Waals surface area contributed by atoms with E-state index in [2.05, 4.69) is 17.4 Å². The first-order valence-corrected chi connectivity index (χ1v) is 10.1. The molecule has 1 heterocycles. The number of carbonyl (C=O) groups excluding carboxylic acids is 2. The third-order valence-electron chi connectivity index (χ3n) is 5.38. The predicted octanol–water partition coefficient (Wildman–Crippen LogP) is 4.47. The number of hydrogen-bond acceptors (Lipinski definition) is 2. The second-order valence-corrected chi connectivity index (χ2v) is 7.17. The Labute approximate surface area is 167 Å². The van der Waals surface area contributed by atoms with E-state index in [0.717, 1.165) is 29.7 Å². The molecule has 2 aromatic rings. The number of hydrogen-bond donors (Lipinski definition) is 1. The Morgan fingerprint density at radius 2 is 1.64 bits per heavy atom. The summed E-state index contributed by atoms with van der Waals surface area (Å²) in [5.41, 5.74) is 3.03. The largest absolute Gasteiger partial charge is 0.343 e. The normalized spacial score (nSPS) is 16.5. The van der Waals surface area contributed by atoms with Crippen LogP contribution < -0.4 is 5.32 Å². The summed E-state index contributed by atoms with van der Waals surface area (Å²) in [6.45, 7) is 6.60. The van der Waals surface area contributed by atoms with Crippen molar-refractivity contribution in [2.75, 3.05) is 31.5 Å². The van der Waals surface area contributed by atoms with Gasteiger partial charge in [0, 0.05) is 31.9 Å². The monoisotopic (exact) mass is 379 g/mol. The smallest absolute Gasteiger partial charge is 0.321 e. The van der Waals surface area contributed by atoms with Gasteiger partial charge in [-0.2, -0.15) is 0 Å². The molecule has 1 saturated heterocycles. The van der Waals surface area contributed by atoms with Crippen LogP contribution in [0.5, 0.6) is 0 Å². The van der Waals surface area contributed by atoms with Crippen LogP contribution in [-0.2, 0) is 4.79 Å². The lowest BCUT2D eigenvalue weighted by molar-refractivity contribution is -0.136. The van der Waals surface area contributed by atoms with Gasteiger partial charge in [0.05, 0.1) is 5.92 Å². The van der Waals surface area contributed by atoms with E-state index in [1.54, 1.807) is 4.90 Å². The molecule has 148 valence electrons. The topological polar surface area (TPSA) is 52.7 Å². The molecule has 0 saturated carbocycles. The van der Waals surface area contributed by atoms with Gasteiger partial charge in [0.1, 0.15) is 0 Å². The Bertz CT molecular complexity index is 785. The van der Waals surface area contributed by atoms with Gasteiger partial charge in [-0.05, 0) is 49.9 Å². The van der Waals surface area contributed by atoms with Gasteiger partial charge < -0.3 is 15.1 Å². The number of rotatable bonds is 5. The number of benzene rings is 2. The van der Waals surface area contributed by atoms with Crippen molar-refractivity contribution in [3.63, 3.8) is 0 Å². The number of urea groups is 1. The highest BCUT2D eigenvalue weighted by Gasteiger charge is 2.30. The second kappa shape index (κ2) is 9.40. The number of piperidine rings is 1. The van der Waals surface area contributed by atoms with Crippen molar-refractivity contribution < 1.29 is 9.59 Å². The van der Waals surface area contributed by atoms with Gasteiger partial charge in [-0.3, -0.25) is 4.79 Å². The van der Waals surface area contributed by atoms with Crippen molar-refractivity contribution in [3.8, 4) is 11.1 Å². The molecule has 3 rings (SSSR count). The zero-order valence-electron chi connectivity index (χ0n) is 16.7. The lowest BCUT2D eigenvalue weighted by atomic mass is 9.96. The molecular formula is C23H29N3O2. The summed E-state index contributed by atoms with van der Waals surface area (Å²) >= 11 is 0. The average molecular weight is 380 g/mol. The first-order valence-electron chi connectivity index (χ1n) is 10.1. The van der Waals surface area contributed by atoms with E-state index in [4.69, 9.17) is 0 Å². The van der Waals surface area contributed by atoms with E-state index in [1.165, 1.54) is 0 Å². The van der Waals surface area contributed by atoms with Gasteiger partial charge in [0.25, 0.3) is 0 Å². The molecule has 1 fully saturated rings. The third-order valence-corrected chi connectivity index (χ3v) is 5.38. The van der Waals surface area contributed by atoms with Crippen molar-refractivity contribution >= 4 is 17.6 Å². The van der Waals surface area contributed by atoms with Crippen LogP contribution in [0.25, 0.3) is 11.1 Å². The predicted molar refractivity (Wildman–Crippen MR) is 113 cm³/mol.